The summed E-state index contributed by atoms with van der Waals surface area (Å²) in [5, 5.41) is 2.18. The zero-order valence-corrected chi connectivity index (χ0v) is 6.07. The number of hydrazine groups is 1. The molecule has 0 radical (unpaired) electrons. The summed E-state index contributed by atoms with van der Waals surface area (Å²) in [4.78, 5) is 0. The monoisotopic (exact) mass is 132 g/mol. The maximum absolute atomic E-state index is 3.22. The predicted molar refractivity (Wildman–Crippen MR) is 43.3 cm³/mol. The Hall–Kier alpha value is -0.0800. The highest BCUT2D eigenvalue weighted by Crippen LogP contribution is 1.76. The van der Waals surface area contributed by atoms with Crippen molar-refractivity contribution in [3.05, 3.63) is 0 Å². The first kappa shape index (κ1) is 11.7. The standard InChI is InChI=1S/C6H16N2.CH4/c1-4-7-8(5-2)6-3;/h7H,4-6H2,1-3H3;1H4. The van der Waals surface area contributed by atoms with Gasteiger partial charge in [-0.05, 0) is 0 Å². The van der Waals surface area contributed by atoms with Gasteiger partial charge >= 0.3 is 0 Å². The van der Waals surface area contributed by atoms with Gasteiger partial charge in [0.05, 0.1) is 0 Å². The second kappa shape index (κ2) is 7.92. The maximum Gasteiger partial charge on any atom is 0.0102 e. The van der Waals surface area contributed by atoms with E-state index in [2.05, 4.69) is 31.2 Å². The quantitative estimate of drug-likeness (QED) is 0.583. The predicted octanol–water partition coefficient (Wildman–Crippen LogP) is 1.49. The van der Waals surface area contributed by atoms with Crippen molar-refractivity contribution in [2.75, 3.05) is 19.6 Å². The summed E-state index contributed by atoms with van der Waals surface area (Å²) >= 11 is 0. The van der Waals surface area contributed by atoms with E-state index in [9.17, 15) is 0 Å². The van der Waals surface area contributed by atoms with E-state index >= 15 is 0 Å². The zero-order valence-electron chi connectivity index (χ0n) is 6.07. The van der Waals surface area contributed by atoms with Crippen molar-refractivity contribution >= 4 is 0 Å². The van der Waals surface area contributed by atoms with Crippen LogP contribution in [0, 0.1) is 0 Å². The second-order valence-corrected chi connectivity index (χ2v) is 1.68. The maximum atomic E-state index is 3.22. The lowest BCUT2D eigenvalue weighted by Crippen LogP contribution is -2.37. The molecule has 0 atom stereocenters. The molecule has 0 amide bonds. The molecular weight excluding hydrogens is 112 g/mol. The fraction of sp³-hybridized carbons (Fsp3) is 1.00. The Balaban J connectivity index is 0. The zero-order chi connectivity index (χ0) is 6.41. The van der Waals surface area contributed by atoms with Gasteiger partial charge in [0.1, 0.15) is 0 Å². The summed E-state index contributed by atoms with van der Waals surface area (Å²) < 4.78 is 0. The molecule has 0 saturated carbocycles. The van der Waals surface area contributed by atoms with Gasteiger partial charge in [0.15, 0.2) is 0 Å². The Bertz CT molecular complexity index is 42.2. The topological polar surface area (TPSA) is 15.3 Å². The van der Waals surface area contributed by atoms with E-state index in [1.165, 1.54) is 0 Å². The molecule has 9 heavy (non-hydrogen) atoms. The minimum Gasteiger partial charge on any atom is -0.255 e. The third kappa shape index (κ3) is 5.80. The van der Waals surface area contributed by atoms with Crippen LogP contribution in [-0.4, -0.2) is 24.6 Å². The van der Waals surface area contributed by atoms with Gasteiger partial charge in [-0.25, -0.2) is 5.01 Å². The number of nitrogens with zero attached hydrogens (tertiary/aromatic N) is 1. The van der Waals surface area contributed by atoms with Crippen LogP contribution in [0.5, 0.6) is 0 Å². The first-order valence-corrected chi connectivity index (χ1v) is 3.33. The molecule has 2 heteroatoms. The summed E-state index contributed by atoms with van der Waals surface area (Å²) in [6.07, 6.45) is 0. The van der Waals surface area contributed by atoms with Crippen LogP contribution in [-0.2, 0) is 0 Å². The van der Waals surface area contributed by atoms with Gasteiger partial charge in [-0.2, -0.15) is 0 Å². The molecule has 2 nitrogen and oxygen atoms in total. The number of hydrogen-bond acceptors (Lipinski definition) is 2. The Morgan fingerprint density at radius 2 is 1.56 bits per heavy atom. The van der Waals surface area contributed by atoms with Crippen molar-refractivity contribution in [1.82, 2.24) is 10.4 Å². The van der Waals surface area contributed by atoms with E-state index in [0.29, 0.717) is 0 Å². The van der Waals surface area contributed by atoms with Crippen molar-refractivity contribution in [3.63, 3.8) is 0 Å². The van der Waals surface area contributed by atoms with E-state index in [1.807, 2.05) is 0 Å². The minimum absolute atomic E-state index is 0. The van der Waals surface area contributed by atoms with Gasteiger partial charge < -0.3 is 0 Å². The van der Waals surface area contributed by atoms with Crippen molar-refractivity contribution in [3.8, 4) is 0 Å². The lowest BCUT2D eigenvalue weighted by molar-refractivity contribution is 0.215. The third-order valence-electron chi connectivity index (χ3n) is 1.15. The molecule has 0 aromatic carbocycles. The summed E-state index contributed by atoms with van der Waals surface area (Å²) in [5.41, 5.74) is 3.22. The van der Waals surface area contributed by atoms with Gasteiger partial charge in [0.25, 0.3) is 0 Å². The molecule has 0 aliphatic rings. The molecule has 0 aliphatic heterocycles. The lowest BCUT2D eigenvalue weighted by atomic mass is 10.6. The Morgan fingerprint density at radius 3 is 1.67 bits per heavy atom. The van der Waals surface area contributed by atoms with Gasteiger partial charge in [0.2, 0.25) is 0 Å². The highest BCUT2D eigenvalue weighted by atomic mass is 15.5. The van der Waals surface area contributed by atoms with Crippen LogP contribution in [0.2, 0.25) is 0 Å². The molecular formula is C7H20N2. The van der Waals surface area contributed by atoms with E-state index in [-0.39, 0.29) is 7.43 Å². The van der Waals surface area contributed by atoms with Gasteiger partial charge in [0, 0.05) is 19.6 Å². The highest BCUT2D eigenvalue weighted by Gasteiger charge is 1.91. The fourth-order valence-corrected chi connectivity index (χ4v) is 0.671. The summed E-state index contributed by atoms with van der Waals surface area (Å²) in [7, 11) is 0. The Labute approximate surface area is 59.2 Å². The number of nitrogens with one attached hydrogen (secondary N) is 1. The SMILES string of the molecule is C.CCNN(CC)CC. The first-order chi connectivity index (χ1) is 3.85. The van der Waals surface area contributed by atoms with Crippen LogP contribution >= 0.6 is 0 Å². The molecule has 0 fully saturated rings. The normalized spacial score (nSPS) is 9.33. The van der Waals surface area contributed by atoms with Crippen LogP contribution in [0.1, 0.15) is 28.2 Å². The van der Waals surface area contributed by atoms with Gasteiger partial charge in [-0.1, -0.05) is 28.2 Å². The third-order valence-corrected chi connectivity index (χ3v) is 1.15. The van der Waals surface area contributed by atoms with E-state index in [0.717, 1.165) is 19.6 Å². The Kier molecular flexibility index (Phi) is 10.3. The lowest BCUT2D eigenvalue weighted by Gasteiger charge is -2.17. The molecule has 0 bridgehead atoms. The van der Waals surface area contributed by atoms with E-state index in [1.54, 1.807) is 0 Å². The molecule has 58 valence electrons. The molecule has 0 aromatic heterocycles. The largest absolute Gasteiger partial charge is 0.255 e. The van der Waals surface area contributed by atoms with Crippen molar-refractivity contribution in [2.24, 2.45) is 0 Å². The van der Waals surface area contributed by atoms with E-state index in [4.69, 9.17) is 0 Å². The average molecular weight is 132 g/mol. The molecule has 0 spiro atoms. The van der Waals surface area contributed by atoms with Gasteiger partial charge in [-0.3, -0.25) is 5.43 Å². The smallest absolute Gasteiger partial charge is 0.0102 e. The molecule has 0 aromatic rings. The average Bonchev–Trinajstić information content (AvgIpc) is 1.83. The van der Waals surface area contributed by atoms with Crippen molar-refractivity contribution in [1.29, 1.82) is 0 Å². The van der Waals surface area contributed by atoms with Crippen molar-refractivity contribution in [2.45, 2.75) is 28.2 Å². The first-order valence-electron chi connectivity index (χ1n) is 3.33. The van der Waals surface area contributed by atoms with Crippen LogP contribution in [0.3, 0.4) is 0 Å². The van der Waals surface area contributed by atoms with Crippen molar-refractivity contribution < 1.29 is 0 Å². The molecule has 0 saturated heterocycles. The summed E-state index contributed by atoms with van der Waals surface area (Å²) in [5.74, 6) is 0. The summed E-state index contributed by atoms with van der Waals surface area (Å²) in [6, 6.07) is 0. The van der Waals surface area contributed by atoms with E-state index < -0.39 is 0 Å². The van der Waals surface area contributed by atoms with Crippen LogP contribution in [0.25, 0.3) is 0 Å². The van der Waals surface area contributed by atoms with Gasteiger partial charge in [-0.15, -0.1) is 0 Å². The second-order valence-electron chi connectivity index (χ2n) is 1.68. The number of rotatable bonds is 4. The molecule has 1 N–H and O–H groups in total. The Morgan fingerprint density at radius 1 is 1.11 bits per heavy atom. The molecule has 0 aliphatic carbocycles. The van der Waals surface area contributed by atoms with Crippen LogP contribution in [0.4, 0.5) is 0 Å². The fourth-order valence-electron chi connectivity index (χ4n) is 0.671. The summed E-state index contributed by atoms with van der Waals surface area (Å²) in [6.45, 7) is 9.60. The minimum atomic E-state index is 0. The number of hydrogen-bond donors (Lipinski definition) is 1. The molecule has 0 heterocycles. The van der Waals surface area contributed by atoms with Crippen LogP contribution in [0.15, 0.2) is 0 Å². The molecule has 0 unspecified atom stereocenters. The molecule has 0 rings (SSSR count). The highest BCUT2D eigenvalue weighted by molar-refractivity contribution is 4.40. The van der Waals surface area contributed by atoms with Crippen LogP contribution < -0.4 is 5.43 Å².